The Balaban J connectivity index is 1.98. The molecule has 2 bridgehead atoms. The minimum Gasteiger partial charge on any atom is -0.154 e. The molecule has 29 heavy (non-hydrogen) atoms. The topological polar surface area (TPSA) is 0 Å². The molecule has 0 atom stereocenters. The molecular formula is C27H28SSi. The number of hydrogen-bond donors (Lipinski definition) is 0. The van der Waals surface area contributed by atoms with Crippen LogP contribution in [0.4, 0.5) is 0 Å². The molecule has 0 unspecified atom stereocenters. The highest BCUT2D eigenvalue weighted by Gasteiger charge is 2.54. The van der Waals surface area contributed by atoms with Crippen LogP contribution in [0.3, 0.4) is 0 Å². The van der Waals surface area contributed by atoms with Crippen LogP contribution in [0.2, 0.25) is 19.6 Å². The second-order valence-electron chi connectivity index (χ2n) is 9.49. The van der Waals surface area contributed by atoms with Gasteiger partial charge >= 0.3 is 0 Å². The Morgan fingerprint density at radius 3 is 1.41 bits per heavy atom. The molecule has 0 saturated carbocycles. The molecule has 0 saturated heterocycles. The zero-order valence-corrected chi connectivity index (χ0v) is 19.7. The summed E-state index contributed by atoms with van der Waals surface area (Å²) in [6.45, 7) is 12.0. The third-order valence-electron chi connectivity index (χ3n) is 6.23. The van der Waals surface area contributed by atoms with Gasteiger partial charge in [0, 0.05) is 5.92 Å². The Morgan fingerprint density at radius 2 is 1.07 bits per heavy atom. The Hall–Kier alpha value is -2.03. The van der Waals surface area contributed by atoms with Crippen LogP contribution in [0.1, 0.15) is 53.1 Å². The van der Waals surface area contributed by atoms with Crippen LogP contribution in [0.5, 0.6) is 0 Å². The Morgan fingerprint density at radius 1 is 0.690 bits per heavy atom. The third-order valence-corrected chi connectivity index (χ3v) is 10.2. The zero-order valence-electron chi connectivity index (χ0n) is 17.9. The molecule has 2 heteroatoms. The lowest BCUT2D eigenvalue weighted by atomic mass is 9.52. The summed E-state index contributed by atoms with van der Waals surface area (Å²) < 4.78 is 0. The van der Waals surface area contributed by atoms with Crippen LogP contribution >= 0.6 is 11.2 Å². The van der Waals surface area contributed by atoms with Crippen molar-refractivity contribution in [3.8, 4) is 0 Å². The van der Waals surface area contributed by atoms with Gasteiger partial charge in [-0.2, -0.15) is 11.2 Å². The van der Waals surface area contributed by atoms with E-state index in [-0.39, 0.29) is 5.41 Å². The maximum atomic E-state index is 2.47. The largest absolute Gasteiger partial charge is 0.154 e. The van der Waals surface area contributed by atoms with Crippen molar-refractivity contribution in [2.24, 2.45) is 0 Å². The van der Waals surface area contributed by atoms with Crippen LogP contribution in [-0.2, 0) is 5.41 Å². The molecule has 0 aromatic heterocycles. The lowest BCUT2D eigenvalue weighted by molar-refractivity contribution is 0.637. The number of benzene rings is 3. The maximum Gasteiger partial charge on any atom is 0.114 e. The first-order valence-electron chi connectivity index (χ1n) is 10.5. The summed E-state index contributed by atoms with van der Waals surface area (Å²) in [6, 6.07) is 27.6. The van der Waals surface area contributed by atoms with E-state index >= 15 is 0 Å². The van der Waals surface area contributed by atoms with E-state index in [1.165, 1.54) is 39.0 Å². The van der Waals surface area contributed by atoms with Gasteiger partial charge in [-0.25, -0.2) is 0 Å². The van der Waals surface area contributed by atoms with Crippen molar-refractivity contribution >= 4 is 18.4 Å². The summed E-state index contributed by atoms with van der Waals surface area (Å²) in [4.78, 5) is 1.54. The van der Waals surface area contributed by atoms with Crippen LogP contribution in [0, 0.1) is 0 Å². The van der Waals surface area contributed by atoms with Gasteiger partial charge in [0.1, 0.15) is 7.22 Å². The van der Waals surface area contributed by atoms with Crippen LogP contribution in [0.15, 0.2) is 83.3 Å². The number of allylic oxidation sites excluding steroid dienone is 2. The predicted octanol–water partition coefficient (Wildman–Crippen LogP) is 7.69. The fourth-order valence-electron chi connectivity index (χ4n) is 5.44. The van der Waals surface area contributed by atoms with E-state index in [1.54, 1.807) is 4.91 Å². The molecule has 0 heterocycles. The summed E-state index contributed by atoms with van der Waals surface area (Å²) in [5.41, 5.74) is 10.2. The van der Waals surface area contributed by atoms with Crippen LogP contribution in [0.25, 0.3) is 0 Å². The first-order valence-corrected chi connectivity index (χ1v) is 15.5. The van der Waals surface area contributed by atoms with Crippen molar-refractivity contribution in [1.29, 1.82) is 0 Å². The van der Waals surface area contributed by atoms with Gasteiger partial charge in [0.2, 0.25) is 0 Å². The Labute approximate surface area is 179 Å². The molecular weight excluding hydrogens is 384 g/mol. The summed E-state index contributed by atoms with van der Waals surface area (Å²) in [5.74, 6) is 0.343. The average molecular weight is 413 g/mol. The number of hydrogen-bond acceptors (Lipinski definition) is 1. The van der Waals surface area contributed by atoms with Crippen molar-refractivity contribution in [1.82, 2.24) is 0 Å². The van der Waals surface area contributed by atoms with Gasteiger partial charge < -0.3 is 0 Å². The minimum atomic E-state index is -1.42. The molecule has 0 spiro atoms. The van der Waals surface area contributed by atoms with Crippen LogP contribution < -0.4 is 0 Å². The molecule has 0 aliphatic heterocycles. The van der Waals surface area contributed by atoms with E-state index < -0.39 is 7.22 Å². The molecule has 6 rings (SSSR count). The van der Waals surface area contributed by atoms with Gasteiger partial charge in [-0.3, -0.25) is 0 Å². The molecule has 3 aliphatic carbocycles. The monoisotopic (exact) mass is 412 g/mol. The molecule has 0 N–H and O–H groups in total. The van der Waals surface area contributed by atoms with Gasteiger partial charge in [0.15, 0.2) is 0 Å². The minimum absolute atomic E-state index is 0.192. The quantitative estimate of drug-likeness (QED) is 0.397. The van der Waals surface area contributed by atoms with E-state index in [9.17, 15) is 0 Å². The summed E-state index contributed by atoms with van der Waals surface area (Å²) in [7, 11) is -1.42. The van der Waals surface area contributed by atoms with E-state index in [0.717, 1.165) is 0 Å². The molecule has 3 aromatic rings. The first-order chi connectivity index (χ1) is 13.9. The van der Waals surface area contributed by atoms with E-state index in [4.69, 9.17) is 0 Å². The van der Waals surface area contributed by atoms with E-state index in [0.29, 0.717) is 5.92 Å². The fourth-order valence-corrected chi connectivity index (χ4v) is 9.64. The van der Waals surface area contributed by atoms with Crippen molar-refractivity contribution in [3.05, 3.63) is 117 Å². The second kappa shape index (κ2) is 6.48. The molecule has 0 fully saturated rings. The van der Waals surface area contributed by atoms with Gasteiger partial charge in [0.25, 0.3) is 0 Å². The van der Waals surface area contributed by atoms with Gasteiger partial charge in [0.05, 0.1) is 5.41 Å². The van der Waals surface area contributed by atoms with Crippen molar-refractivity contribution in [2.45, 2.75) is 44.8 Å². The second-order valence-corrected chi connectivity index (χ2v) is 18.6. The standard InChI is InChI=1S/C27H28SSi/c1-18(2)26(28-29(3,4)5)27-22-15-9-6-12-19(22)25(20-13-7-10-16-23(20)27)21-14-8-11-17-24(21)27/h6-17,25H,1-5H3. The van der Waals surface area contributed by atoms with E-state index in [1.807, 2.05) is 0 Å². The highest BCUT2D eigenvalue weighted by Crippen LogP contribution is 2.64. The molecule has 0 amide bonds. The molecule has 3 aromatic carbocycles. The third kappa shape index (κ3) is 2.58. The van der Waals surface area contributed by atoms with Gasteiger partial charge in [-0.15, -0.1) is 0 Å². The predicted molar refractivity (Wildman–Crippen MR) is 129 cm³/mol. The summed E-state index contributed by atoms with van der Waals surface area (Å²) in [5, 5.41) is 0. The fraction of sp³-hybridized carbons (Fsp3) is 0.259. The lowest BCUT2D eigenvalue weighted by Crippen LogP contribution is -2.44. The normalized spacial score (nSPS) is 21.2. The Kier molecular flexibility index (Phi) is 4.24. The van der Waals surface area contributed by atoms with Crippen molar-refractivity contribution in [2.75, 3.05) is 0 Å². The van der Waals surface area contributed by atoms with Crippen molar-refractivity contribution in [3.63, 3.8) is 0 Å². The smallest absolute Gasteiger partial charge is 0.114 e. The average Bonchev–Trinajstić information content (AvgIpc) is 2.71. The Bertz CT molecular complexity index is 1030. The molecule has 3 aliphatic rings. The SMILES string of the molecule is CC(C)=C(S[Si](C)(C)C)C12c3ccccc3C(c3ccccc31)c1ccccc12. The lowest BCUT2D eigenvalue weighted by Gasteiger charge is -2.52. The molecule has 146 valence electrons. The molecule has 0 nitrogen and oxygen atoms in total. The zero-order chi connectivity index (χ0) is 20.4. The maximum absolute atomic E-state index is 2.47. The van der Waals surface area contributed by atoms with Gasteiger partial charge in [-0.1, -0.05) is 98.0 Å². The molecule has 0 radical (unpaired) electrons. The number of rotatable bonds is 3. The van der Waals surface area contributed by atoms with E-state index in [2.05, 4.69) is 117 Å². The summed E-state index contributed by atoms with van der Waals surface area (Å²) in [6.07, 6.45) is 0. The van der Waals surface area contributed by atoms with Gasteiger partial charge in [-0.05, 0) is 52.1 Å². The highest BCUT2D eigenvalue weighted by atomic mass is 32.4. The highest BCUT2D eigenvalue weighted by molar-refractivity contribution is 8.31. The summed E-state index contributed by atoms with van der Waals surface area (Å²) >= 11 is 2.17. The van der Waals surface area contributed by atoms with Crippen LogP contribution in [-0.4, -0.2) is 7.22 Å². The first kappa shape index (κ1) is 19.0. The van der Waals surface area contributed by atoms with Crippen molar-refractivity contribution < 1.29 is 0 Å².